The molecule has 0 radical (unpaired) electrons. The summed E-state index contributed by atoms with van der Waals surface area (Å²) in [5.74, 6) is 0.532. The van der Waals surface area contributed by atoms with E-state index < -0.39 is 0 Å². The van der Waals surface area contributed by atoms with E-state index in [0.717, 1.165) is 16.9 Å². The average molecular weight is 288 g/mol. The number of rotatable bonds is 3. The summed E-state index contributed by atoms with van der Waals surface area (Å²) in [5, 5.41) is 7.61. The van der Waals surface area contributed by atoms with Gasteiger partial charge in [0.1, 0.15) is 5.69 Å². The Morgan fingerprint density at radius 2 is 1.86 bits per heavy atom. The first kappa shape index (κ1) is 12.5. The van der Waals surface area contributed by atoms with Crippen LogP contribution in [0.3, 0.4) is 0 Å². The maximum absolute atomic E-state index is 4.53. The van der Waals surface area contributed by atoms with Crippen LogP contribution in [0, 0.1) is 0 Å². The average Bonchev–Trinajstić information content (AvgIpc) is 2.99. The first-order valence-corrected chi connectivity index (χ1v) is 6.84. The molecule has 22 heavy (non-hydrogen) atoms. The van der Waals surface area contributed by atoms with Crippen molar-refractivity contribution >= 4 is 17.3 Å². The molecule has 0 aliphatic carbocycles. The van der Waals surface area contributed by atoms with Gasteiger partial charge in [0.25, 0.3) is 0 Å². The molecule has 3 aromatic heterocycles. The maximum Gasteiger partial charge on any atom is 0.247 e. The molecule has 1 N–H and O–H groups in total. The van der Waals surface area contributed by atoms with Crippen molar-refractivity contribution in [3.63, 3.8) is 0 Å². The minimum atomic E-state index is 0.532. The summed E-state index contributed by atoms with van der Waals surface area (Å²) in [6, 6.07) is 13.6. The summed E-state index contributed by atoms with van der Waals surface area (Å²) < 4.78 is 1.71. The molecule has 0 saturated heterocycles. The van der Waals surface area contributed by atoms with Gasteiger partial charge in [0.05, 0.1) is 0 Å². The van der Waals surface area contributed by atoms with Crippen LogP contribution in [0.4, 0.5) is 11.6 Å². The Morgan fingerprint density at radius 3 is 2.68 bits per heavy atom. The molecular weight excluding hydrogens is 276 g/mol. The standard InChI is InChI=1S/C16H12N6/c1-2-6-13(7-3-1)19-16-20-15-14(12-5-4-8-17-11-12)18-9-10-22(15)21-16/h1-11H,(H,19,21). The van der Waals surface area contributed by atoms with Gasteiger partial charge in [-0.15, -0.1) is 5.10 Å². The largest absolute Gasteiger partial charge is 0.323 e. The smallest absolute Gasteiger partial charge is 0.247 e. The molecule has 0 unspecified atom stereocenters. The lowest BCUT2D eigenvalue weighted by Gasteiger charge is -2.00. The van der Waals surface area contributed by atoms with Crippen molar-refractivity contribution in [2.75, 3.05) is 5.32 Å². The SMILES string of the molecule is c1ccc(Nc2nc3c(-c4cccnc4)nccn3n2)cc1. The lowest BCUT2D eigenvalue weighted by Crippen LogP contribution is -1.93. The van der Waals surface area contributed by atoms with Crippen LogP contribution in [-0.4, -0.2) is 24.6 Å². The normalized spacial score (nSPS) is 10.7. The van der Waals surface area contributed by atoms with Crippen LogP contribution in [0.5, 0.6) is 0 Å². The van der Waals surface area contributed by atoms with Gasteiger partial charge in [-0.25, -0.2) is 4.52 Å². The first-order valence-electron chi connectivity index (χ1n) is 6.84. The van der Waals surface area contributed by atoms with Crippen molar-refractivity contribution in [1.82, 2.24) is 24.6 Å². The Morgan fingerprint density at radius 1 is 0.955 bits per heavy atom. The van der Waals surface area contributed by atoms with E-state index in [2.05, 4.69) is 25.4 Å². The van der Waals surface area contributed by atoms with Crippen LogP contribution >= 0.6 is 0 Å². The molecule has 0 bridgehead atoms. The van der Waals surface area contributed by atoms with Gasteiger partial charge in [-0.3, -0.25) is 9.97 Å². The van der Waals surface area contributed by atoms with Gasteiger partial charge in [0.2, 0.25) is 5.95 Å². The number of pyridine rings is 1. The summed E-state index contributed by atoms with van der Waals surface area (Å²) in [4.78, 5) is 13.1. The Hall–Kier alpha value is -3.28. The predicted octanol–water partition coefficient (Wildman–Crippen LogP) is 2.93. The van der Waals surface area contributed by atoms with Crippen LogP contribution in [-0.2, 0) is 0 Å². The molecule has 4 aromatic rings. The Kier molecular flexibility index (Phi) is 2.97. The number of fused-ring (bicyclic) bond motifs is 1. The molecule has 0 spiro atoms. The molecular formula is C16H12N6. The highest BCUT2D eigenvalue weighted by molar-refractivity contribution is 5.73. The van der Waals surface area contributed by atoms with Crippen LogP contribution in [0.15, 0.2) is 67.3 Å². The number of aromatic nitrogens is 5. The molecule has 0 aliphatic heterocycles. The van der Waals surface area contributed by atoms with E-state index in [9.17, 15) is 0 Å². The van der Waals surface area contributed by atoms with Crippen LogP contribution < -0.4 is 5.32 Å². The predicted molar refractivity (Wildman–Crippen MR) is 83.7 cm³/mol. The van der Waals surface area contributed by atoms with Gasteiger partial charge in [-0.2, -0.15) is 4.98 Å². The molecule has 4 rings (SSSR count). The molecule has 3 heterocycles. The van der Waals surface area contributed by atoms with Gasteiger partial charge in [-0.1, -0.05) is 18.2 Å². The van der Waals surface area contributed by atoms with E-state index in [1.807, 2.05) is 42.5 Å². The fraction of sp³-hybridized carbons (Fsp3) is 0. The van der Waals surface area contributed by atoms with Gasteiger partial charge < -0.3 is 5.32 Å². The molecule has 0 amide bonds. The number of nitrogens with zero attached hydrogens (tertiary/aromatic N) is 5. The molecule has 6 heteroatoms. The topological polar surface area (TPSA) is 68.0 Å². The third-order valence-electron chi connectivity index (χ3n) is 3.22. The van der Waals surface area contributed by atoms with Crippen molar-refractivity contribution in [3.05, 3.63) is 67.3 Å². The second-order valence-electron chi connectivity index (χ2n) is 4.71. The zero-order valence-electron chi connectivity index (χ0n) is 11.6. The summed E-state index contributed by atoms with van der Waals surface area (Å²) in [7, 11) is 0. The van der Waals surface area contributed by atoms with E-state index in [-0.39, 0.29) is 0 Å². The maximum atomic E-state index is 4.53. The molecule has 0 fully saturated rings. The van der Waals surface area contributed by atoms with Crippen LogP contribution in [0.2, 0.25) is 0 Å². The van der Waals surface area contributed by atoms with Gasteiger partial charge in [0.15, 0.2) is 5.65 Å². The van der Waals surface area contributed by atoms with Crippen LogP contribution in [0.25, 0.3) is 16.9 Å². The lowest BCUT2D eigenvalue weighted by molar-refractivity contribution is 0.951. The zero-order chi connectivity index (χ0) is 14.8. The lowest BCUT2D eigenvalue weighted by atomic mass is 10.2. The second-order valence-corrected chi connectivity index (χ2v) is 4.71. The molecule has 1 aromatic carbocycles. The van der Waals surface area contributed by atoms with E-state index in [1.54, 1.807) is 29.3 Å². The van der Waals surface area contributed by atoms with Crippen molar-refractivity contribution in [2.24, 2.45) is 0 Å². The molecule has 0 atom stereocenters. The van der Waals surface area contributed by atoms with Crippen molar-refractivity contribution < 1.29 is 0 Å². The highest BCUT2D eigenvalue weighted by Gasteiger charge is 2.11. The summed E-state index contributed by atoms with van der Waals surface area (Å²) in [5.41, 5.74) is 3.29. The highest BCUT2D eigenvalue weighted by Crippen LogP contribution is 2.21. The second kappa shape index (κ2) is 5.25. The fourth-order valence-corrected chi connectivity index (χ4v) is 2.23. The molecule has 6 nitrogen and oxygen atoms in total. The summed E-state index contributed by atoms with van der Waals surface area (Å²) >= 11 is 0. The van der Waals surface area contributed by atoms with Crippen molar-refractivity contribution in [1.29, 1.82) is 0 Å². The first-order chi connectivity index (χ1) is 10.9. The van der Waals surface area contributed by atoms with Gasteiger partial charge in [-0.05, 0) is 24.3 Å². The van der Waals surface area contributed by atoms with E-state index >= 15 is 0 Å². The number of hydrogen-bond acceptors (Lipinski definition) is 5. The Balaban J connectivity index is 1.78. The zero-order valence-corrected chi connectivity index (χ0v) is 11.6. The minimum Gasteiger partial charge on any atom is -0.323 e. The minimum absolute atomic E-state index is 0.532. The highest BCUT2D eigenvalue weighted by atomic mass is 15.3. The van der Waals surface area contributed by atoms with E-state index in [4.69, 9.17) is 0 Å². The molecule has 0 aliphatic rings. The van der Waals surface area contributed by atoms with E-state index in [0.29, 0.717) is 11.6 Å². The number of nitrogens with one attached hydrogen (secondary N) is 1. The Bertz CT molecular complexity index is 902. The monoisotopic (exact) mass is 288 g/mol. The third kappa shape index (κ3) is 2.26. The van der Waals surface area contributed by atoms with Gasteiger partial charge in [0, 0.05) is 36.0 Å². The number of hydrogen-bond donors (Lipinski definition) is 1. The number of benzene rings is 1. The van der Waals surface area contributed by atoms with Gasteiger partial charge >= 0.3 is 0 Å². The Labute approximate surface area is 126 Å². The fourth-order valence-electron chi connectivity index (χ4n) is 2.23. The molecule has 0 saturated carbocycles. The van der Waals surface area contributed by atoms with Crippen molar-refractivity contribution in [2.45, 2.75) is 0 Å². The number of para-hydroxylation sites is 1. The quantitative estimate of drug-likeness (QED) is 0.627. The summed E-state index contributed by atoms with van der Waals surface area (Å²) in [6.07, 6.45) is 6.98. The van der Waals surface area contributed by atoms with Crippen molar-refractivity contribution in [3.8, 4) is 11.3 Å². The van der Waals surface area contributed by atoms with Crippen LogP contribution in [0.1, 0.15) is 0 Å². The molecule has 106 valence electrons. The summed E-state index contributed by atoms with van der Waals surface area (Å²) in [6.45, 7) is 0. The third-order valence-corrected chi connectivity index (χ3v) is 3.22. The van der Waals surface area contributed by atoms with E-state index in [1.165, 1.54) is 0 Å². The number of anilines is 2.